The molecule has 4 nitrogen and oxygen atoms in total. The first-order valence-electron chi connectivity index (χ1n) is 6.35. The molecule has 1 amide bonds. The number of thiophene rings is 1. The van der Waals surface area contributed by atoms with E-state index in [1.807, 2.05) is 24.3 Å². The molecule has 0 saturated heterocycles. The second kappa shape index (κ2) is 6.43. The summed E-state index contributed by atoms with van der Waals surface area (Å²) in [6, 6.07) is 10.0. The van der Waals surface area contributed by atoms with Crippen molar-refractivity contribution in [2.45, 2.75) is 19.9 Å². The van der Waals surface area contributed by atoms with Gasteiger partial charge in [-0.05, 0) is 30.5 Å². The summed E-state index contributed by atoms with van der Waals surface area (Å²) < 4.78 is 5.31. The van der Waals surface area contributed by atoms with Gasteiger partial charge in [-0.1, -0.05) is 6.07 Å². The highest BCUT2D eigenvalue weighted by molar-refractivity contribution is 7.10. The maximum Gasteiger partial charge on any atom is 0.221 e. The number of nitrogens with one attached hydrogen (secondary N) is 2. The number of benzene rings is 1. The highest BCUT2D eigenvalue weighted by Crippen LogP contribution is 2.30. The van der Waals surface area contributed by atoms with E-state index in [0.717, 1.165) is 5.69 Å². The molecule has 106 valence electrons. The summed E-state index contributed by atoms with van der Waals surface area (Å²) in [5.74, 6) is 0.527. The van der Waals surface area contributed by atoms with Crippen LogP contribution in [0.4, 0.5) is 11.4 Å². The molecule has 0 spiro atoms. The predicted molar refractivity (Wildman–Crippen MR) is 83.7 cm³/mol. The average Bonchev–Trinajstić information content (AvgIpc) is 2.94. The number of methoxy groups -OCH3 is 1. The van der Waals surface area contributed by atoms with Crippen molar-refractivity contribution < 1.29 is 9.53 Å². The zero-order valence-electron chi connectivity index (χ0n) is 11.8. The summed E-state index contributed by atoms with van der Waals surface area (Å²) >= 11 is 1.72. The molecule has 1 atom stereocenters. The molecule has 0 aliphatic rings. The van der Waals surface area contributed by atoms with Gasteiger partial charge in [0.25, 0.3) is 0 Å². The number of carbonyl (C=O) groups excluding carboxylic acids is 1. The topological polar surface area (TPSA) is 50.4 Å². The number of carbonyl (C=O) groups is 1. The Morgan fingerprint density at radius 1 is 1.35 bits per heavy atom. The molecule has 1 aromatic heterocycles. The Bertz CT molecular complexity index is 582. The van der Waals surface area contributed by atoms with Crippen LogP contribution in [0, 0.1) is 0 Å². The Balaban J connectivity index is 2.15. The van der Waals surface area contributed by atoms with Crippen molar-refractivity contribution in [3.63, 3.8) is 0 Å². The third-order valence-corrected chi connectivity index (χ3v) is 3.92. The van der Waals surface area contributed by atoms with Gasteiger partial charge in [0.2, 0.25) is 5.91 Å². The Morgan fingerprint density at radius 3 is 2.75 bits per heavy atom. The van der Waals surface area contributed by atoms with Crippen molar-refractivity contribution in [3.05, 3.63) is 40.6 Å². The number of hydrogen-bond donors (Lipinski definition) is 2. The van der Waals surface area contributed by atoms with Gasteiger partial charge in [-0.3, -0.25) is 4.79 Å². The molecule has 5 heteroatoms. The maximum absolute atomic E-state index is 11.1. The van der Waals surface area contributed by atoms with Gasteiger partial charge in [-0.25, -0.2) is 0 Å². The normalized spacial score (nSPS) is 11.8. The highest BCUT2D eigenvalue weighted by Gasteiger charge is 2.09. The van der Waals surface area contributed by atoms with Crippen molar-refractivity contribution in [1.29, 1.82) is 0 Å². The molecular weight excluding hydrogens is 272 g/mol. The van der Waals surface area contributed by atoms with Gasteiger partial charge in [0.05, 0.1) is 18.8 Å². The molecule has 0 aliphatic carbocycles. The van der Waals surface area contributed by atoms with Crippen molar-refractivity contribution in [3.8, 4) is 5.75 Å². The third kappa shape index (κ3) is 3.51. The molecule has 1 unspecified atom stereocenters. The fraction of sp³-hybridized carbons (Fsp3) is 0.267. The second-order valence-electron chi connectivity index (χ2n) is 4.48. The van der Waals surface area contributed by atoms with E-state index in [4.69, 9.17) is 4.74 Å². The smallest absolute Gasteiger partial charge is 0.221 e. The Morgan fingerprint density at radius 2 is 2.15 bits per heavy atom. The molecule has 2 aromatic rings. The van der Waals surface area contributed by atoms with Crippen LogP contribution in [-0.2, 0) is 4.79 Å². The maximum atomic E-state index is 11.1. The second-order valence-corrected chi connectivity index (χ2v) is 5.46. The van der Waals surface area contributed by atoms with Crippen LogP contribution in [0.2, 0.25) is 0 Å². The largest absolute Gasteiger partial charge is 0.494 e. The van der Waals surface area contributed by atoms with Gasteiger partial charge in [0, 0.05) is 23.6 Å². The summed E-state index contributed by atoms with van der Waals surface area (Å²) in [4.78, 5) is 12.4. The van der Waals surface area contributed by atoms with Crippen molar-refractivity contribution in [1.82, 2.24) is 0 Å². The first-order valence-corrected chi connectivity index (χ1v) is 7.23. The Labute approximate surface area is 122 Å². The van der Waals surface area contributed by atoms with Crippen LogP contribution in [0.1, 0.15) is 24.8 Å². The minimum atomic E-state index is -0.115. The Kier molecular flexibility index (Phi) is 4.63. The van der Waals surface area contributed by atoms with Crippen LogP contribution >= 0.6 is 11.3 Å². The van der Waals surface area contributed by atoms with E-state index in [2.05, 4.69) is 29.0 Å². The SMILES string of the molecule is COc1cc(NC(C)c2cccs2)ccc1NC(C)=O. The lowest BCUT2D eigenvalue weighted by molar-refractivity contribution is -0.114. The third-order valence-electron chi connectivity index (χ3n) is 2.87. The summed E-state index contributed by atoms with van der Waals surface area (Å²) in [5.41, 5.74) is 1.63. The van der Waals surface area contributed by atoms with Gasteiger partial charge in [0.1, 0.15) is 5.75 Å². The molecule has 20 heavy (non-hydrogen) atoms. The molecular formula is C15H18N2O2S. The number of anilines is 2. The number of hydrogen-bond acceptors (Lipinski definition) is 4. The molecule has 2 N–H and O–H groups in total. The van der Waals surface area contributed by atoms with E-state index in [1.54, 1.807) is 18.4 Å². The van der Waals surface area contributed by atoms with Gasteiger partial charge in [-0.15, -0.1) is 11.3 Å². The molecule has 0 aliphatic heterocycles. The minimum absolute atomic E-state index is 0.115. The van der Waals surface area contributed by atoms with E-state index in [1.165, 1.54) is 11.8 Å². The quantitative estimate of drug-likeness (QED) is 0.878. The number of ether oxygens (including phenoxy) is 1. The molecule has 0 fully saturated rings. The van der Waals surface area contributed by atoms with Crippen molar-refractivity contribution in [2.75, 3.05) is 17.7 Å². The molecule has 0 radical (unpaired) electrons. The lowest BCUT2D eigenvalue weighted by atomic mass is 10.2. The molecule has 1 aromatic carbocycles. The lowest BCUT2D eigenvalue weighted by Gasteiger charge is -2.16. The van der Waals surface area contributed by atoms with Crippen LogP contribution in [0.25, 0.3) is 0 Å². The first-order chi connectivity index (χ1) is 9.60. The first kappa shape index (κ1) is 14.4. The van der Waals surface area contributed by atoms with Gasteiger partial charge < -0.3 is 15.4 Å². The summed E-state index contributed by atoms with van der Waals surface area (Å²) in [6.45, 7) is 3.59. The van der Waals surface area contributed by atoms with Gasteiger partial charge in [0.15, 0.2) is 0 Å². The number of amides is 1. The van der Waals surface area contributed by atoms with E-state index in [0.29, 0.717) is 11.4 Å². The fourth-order valence-electron chi connectivity index (χ4n) is 1.93. The summed E-state index contributed by atoms with van der Waals surface area (Å²) in [6.07, 6.45) is 0. The van der Waals surface area contributed by atoms with Crippen LogP contribution in [-0.4, -0.2) is 13.0 Å². The fourth-order valence-corrected chi connectivity index (χ4v) is 2.67. The Hall–Kier alpha value is -2.01. The lowest BCUT2D eigenvalue weighted by Crippen LogP contribution is -2.08. The van der Waals surface area contributed by atoms with Crippen LogP contribution in [0.5, 0.6) is 5.75 Å². The van der Waals surface area contributed by atoms with Crippen LogP contribution in [0.15, 0.2) is 35.7 Å². The highest BCUT2D eigenvalue weighted by atomic mass is 32.1. The standard InChI is InChI=1S/C15H18N2O2S/c1-10(15-5-4-8-20-15)16-12-6-7-13(17-11(2)18)14(9-12)19-3/h4-10,16H,1-3H3,(H,17,18). The monoisotopic (exact) mass is 290 g/mol. The van der Waals surface area contributed by atoms with Gasteiger partial charge in [-0.2, -0.15) is 0 Å². The molecule has 2 rings (SSSR count). The van der Waals surface area contributed by atoms with Crippen LogP contribution < -0.4 is 15.4 Å². The minimum Gasteiger partial charge on any atom is -0.494 e. The molecule has 0 saturated carbocycles. The molecule has 0 bridgehead atoms. The van der Waals surface area contributed by atoms with E-state index in [9.17, 15) is 4.79 Å². The van der Waals surface area contributed by atoms with Gasteiger partial charge >= 0.3 is 0 Å². The van der Waals surface area contributed by atoms with E-state index in [-0.39, 0.29) is 11.9 Å². The average molecular weight is 290 g/mol. The zero-order chi connectivity index (χ0) is 14.5. The van der Waals surface area contributed by atoms with Crippen molar-refractivity contribution in [2.24, 2.45) is 0 Å². The zero-order valence-corrected chi connectivity index (χ0v) is 12.6. The van der Waals surface area contributed by atoms with E-state index >= 15 is 0 Å². The summed E-state index contributed by atoms with van der Waals surface area (Å²) in [7, 11) is 1.59. The number of rotatable bonds is 5. The predicted octanol–water partition coefficient (Wildman–Crippen LogP) is 3.89. The van der Waals surface area contributed by atoms with Crippen molar-refractivity contribution >= 4 is 28.6 Å². The summed E-state index contributed by atoms with van der Waals surface area (Å²) in [5, 5.41) is 8.22. The van der Waals surface area contributed by atoms with E-state index < -0.39 is 0 Å². The van der Waals surface area contributed by atoms with Crippen LogP contribution in [0.3, 0.4) is 0 Å². The molecule has 1 heterocycles.